The van der Waals surface area contributed by atoms with Gasteiger partial charge in [-0.15, -0.1) is 0 Å². The zero-order chi connectivity index (χ0) is 78.8. The summed E-state index contributed by atoms with van der Waals surface area (Å²) in [7, 11) is 0. The second-order valence-electron chi connectivity index (χ2n) is 31.7. The molecule has 0 saturated carbocycles. The molecule has 0 N–H and O–H groups in total. The molecule has 4 aliphatic rings. The van der Waals surface area contributed by atoms with Gasteiger partial charge in [-0.1, -0.05) is 315 Å². The van der Waals surface area contributed by atoms with E-state index in [0.717, 1.165) is 120 Å². The maximum absolute atomic E-state index is 13.1. The Bertz CT molecular complexity index is 4770. The Morgan fingerprint density at radius 2 is 0.386 bits per heavy atom. The number of hydrogen-bond acceptors (Lipinski definition) is 4. The van der Waals surface area contributed by atoms with E-state index in [1.807, 2.05) is 48.5 Å². The summed E-state index contributed by atoms with van der Waals surface area (Å²) in [5, 5.41) is 0. The van der Waals surface area contributed by atoms with Crippen LogP contribution in [0.5, 0.6) is 0 Å². The Balaban J connectivity index is 0.000000133. The third-order valence-corrected chi connectivity index (χ3v) is 23.7. The fourth-order valence-corrected chi connectivity index (χ4v) is 16.4. The lowest BCUT2D eigenvalue weighted by Gasteiger charge is -2.29. The molecule has 12 aromatic carbocycles. The summed E-state index contributed by atoms with van der Waals surface area (Å²) in [6.07, 6.45) is 23.4. The van der Waals surface area contributed by atoms with E-state index in [4.69, 9.17) is 18.9 Å². The van der Waals surface area contributed by atoms with Gasteiger partial charge in [0.15, 0.2) is 0 Å². The maximum atomic E-state index is 13.1. The highest BCUT2D eigenvalue weighted by Crippen LogP contribution is 2.40. The zero-order valence-corrected chi connectivity index (χ0v) is 67.0. The van der Waals surface area contributed by atoms with E-state index in [-0.39, 0.29) is 47.7 Å². The smallest absolute Gasteiger partial charge is 0.123 e. The largest absolute Gasteiger partial charge is 0.373 e. The van der Waals surface area contributed by atoms with Gasteiger partial charge in [0.25, 0.3) is 0 Å². The van der Waals surface area contributed by atoms with Crippen molar-refractivity contribution in [2.24, 2.45) is 23.7 Å². The molecule has 4 saturated heterocycles. The molecular weight excluding hydrogens is 1410 g/mol. The van der Waals surface area contributed by atoms with Gasteiger partial charge in [0.1, 0.15) is 23.3 Å². The highest BCUT2D eigenvalue weighted by atomic mass is 19.1. The maximum Gasteiger partial charge on any atom is 0.123 e. The second-order valence-corrected chi connectivity index (χ2v) is 31.7. The standard InChI is InChI=1S/C28H31FO.C27H29FO.C26H27FO.C25H25FO/c1-2-3-4-5-21-6-19-28(30-20-21)26-13-11-24(12-14-26)22-7-9-23(10-8-22)25-15-17-27(29)18-16-25;1-2-3-4-20-5-18-27(29-19-20)25-12-10-23(11-13-25)21-6-8-22(9-7-21)24-14-16-26(28)17-15-24;1-2-3-19-4-17-26(28-18-19)24-11-9-22(10-12-24)20-5-7-21(8-6-20)23-13-15-25(27)16-14-23;1-2-18-3-16-25(27-17-18)23-10-8-21(9-11-23)19-4-6-20(7-5-19)22-12-14-24(26)15-13-22/h7-18,21,28H,2-6,19-20H2,1H3;6-17,20,27H,2-5,18-19H2,1H3;5-16,19,26H,2-4,17-18H2,1H3;4-15,18,25H,2-3,16-17H2,1H3. The Labute approximate surface area is 676 Å². The molecule has 114 heavy (non-hydrogen) atoms. The zero-order valence-electron chi connectivity index (χ0n) is 67.0. The predicted octanol–water partition coefficient (Wildman–Crippen LogP) is 30.5. The molecule has 4 fully saturated rings. The van der Waals surface area contributed by atoms with Crippen LogP contribution in [0.2, 0.25) is 0 Å². The SMILES string of the molecule is CCC1CCC(c2ccc(-c3ccc(-c4ccc(F)cc4)cc3)cc2)OC1.CCCC1CCC(c2ccc(-c3ccc(-c4ccc(F)cc4)cc3)cc2)OC1.CCCCC1CCC(c2ccc(-c3ccc(-c4ccc(F)cc4)cc3)cc2)OC1.CCCCCC1CCC(c2ccc(-c3ccc(-c4ccc(F)cc4)cc3)cc2)OC1. The van der Waals surface area contributed by atoms with Gasteiger partial charge < -0.3 is 18.9 Å². The van der Waals surface area contributed by atoms with Crippen LogP contribution < -0.4 is 0 Å². The lowest BCUT2D eigenvalue weighted by molar-refractivity contribution is -0.0199. The van der Waals surface area contributed by atoms with Crippen molar-refractivity contribution >= 4 is 0 Å². The molecule has 0 aliphatic carbocycles. The Kier molecular flexibility index (Phi) is 30.3. The van der Waals surface area contributed by atoms with Crippen LogP contribution in [0.4, 0.5) is 17.6 Å². The molecule has 588 valence electrons. The van der Waals surface area contributed by atoms with Crippen LogP contribution in [0, 0.1) is 46.9 Å². The average molecular weight is 1530 g/mol. The number of halogens is 4. The molecule has 16 rings (SSSR count). The first-order valence-corrected chi connectivity index (χ1v) is 42.2. The lowest BCUT2D eigenvalue weighted by atomic mass is 9.90. The minimum absolute atomic E-state index is 0.204. The third kappa shape index (κ3) is 23.2. The Hall–Kier alpha value is -9.80. The molecule has 8 unspecified atom stereocenters. The molecule has 0 aromatic heterocycles. The number of ether oxygens (including phenoxy) is 4. The molecule has 12 aromatic rings. The van der Waals surface area contributed by atoms with Gasteiger partial charge in [0, 0.05) is 0 Å². The topological polar surface area (TPSA) is 36.9 Å². The van der Waals surface area contributed by atoms with E-state index in [9.17, 15) is 17.6 Å². The van der Waals surface area contributed by atoms with Crippen LogP contribution in [0.3, 0.4) is 0 Å². The van der Waals surface area contributed by atoms with Crippen molar-refractivity contribution in [1.29, 1.82) is 0 Å². The van der Waals surface area contributed by atoms with E-state index in [1.54, 1.807) is 0 Å². The Morgan fingerprint density at radius 3 is 0.570 bits per heavy atom. The van der Waals surface area contributed by atoms with Crippen molar-refractivity contribution in [3.05, 3.63) is 337 Å². The number of rotatable bonds is 22. The molecule has 0 bridgehead atoms. The molecule has 0 spiro atoms. The summed E-state index contributed by atoms with van der Waals surface area (Å²) in [5.74, 6) is 2.12. The van der Waals surface area contributed by atoms with Gasteiger partial charge >= 0.3 is 0 Å². The molecule has 0 amide bonds. The molecule has 8 atom stereocenters. The highest BCUT2D eigenvalue weighted by Gasteiger charge is 2.27. The van der Waals surface area contributed by atoms with Crippen molar-refractivity contribution in [3.63, 3.8) is 0 Å². The van der Waals surface area contributed by atoms with E-state index < -0.39 is 0 Å². The Morgan fingerprint density at radius 1 is 0.202 bits per heavy atom. The fourth-order valence-electron chi connectivity index (χ4n) is 16.4. The molecular formula is C106H112F4O4. The fraction of sp³-hybridized carbons (Fsp3) is 0.321. The lowest BCUT2D eigenvalue weighted by Crippen LogP contribution is -2.20. The van der Waals surface area contributed by atoms with E-state index in [1.165, 1.54) is 205 Å². The van der Waals surface area contributed by atoms with Gasteiger partial charge in [-0.25, -0.2) is 17.6 Å². The van der Waals surface area contributed by atoms with Crippen molar-refractivity contribution in [2.45, 2.75) is 168 Å². The van der Waals surface area contributed by atoms with E-state index >= 15 is 0 Å². The van der Waals surface area contributed by atoms with Crippen LogP contribution in [-0.2, 0) is 18.9 Å². The quantitative estimate of drug-likeness (QED) is 0.0501. The molecule has 4 heterocycles. The minimum Gasteiger partial charge on any atom is -0.373 e. The predicted molar refractivity (Wildman–Crippen MR) is 464 cm³/mol. The number of benzene rings is 12. The second kappa shape index (κ2) is 42.0. The van der Waals surface area contributed by atoms with Gasteiger partial charge in [0.05, 0.1) is 50.8 Å². The van der Waals surface area contributed by atoms with Crippen LogP contribution >= 0.6 is 0 Å². The summed E-state index contributed by atoms with van der Waals surface area (Å²) < 4.78 is 77.0. The average Bonchev–Trinajstić information content (AvgIpc) is 0.826. The van der Waals surface area contributed by atoms with Gasteiger partial charge in [-0.2, -0.15) is 0 Å². The van der Waals surface area contributed by atoms with Crippen LogP contribution in [0.15, 0.2) is 291 Å². The van der Waals surface area contributed by atoms with Crippen molar-refractivity contribution in [3.8, 4) is 89.0 Å². The van der Waals surface area contributed by atoms with Gasteiger partial charge in [-0.05, 0) is 254 Å². The van der Waals surface area contributed by atoms with Gasteiger partial charge in [0.2, 0.25) is 0 Å². The van der Waals surface area contributed by atoms with Crippen molar-refractivity contribution < 1.29 is 36.5 Å². The molecule has 8 heteroatoms. The first kappa shape index (κ1) is 82.2. The summed E-state index contributed by atoms with van der Waals surface area (Å²) in [5.41, 5.74) is 23.2. The normalized spacial score (nSPS) is 19.4. The van der Waals surface area contributed by atoms with Crippen LogP contribution in [-0.4, -0.2) is 26.4 Å². The van der Waals surface area contributed by atoms with E-state index in [2.05, 4.69) is 222 Å². The summed E-state index contributed by atoms with van der Waals surface area (Å²) in [6.45, 7) is 12.6. The summed E-state index contributed by atoms with van der Waals surface area (Å²) in [6, 6.07) is 95.4. The molecule has 4 nitrogen and oxygen atoms in total. The number of unbranched alkanes of at least 4 members (excludes halogenated alkanes) is 3. The highest BCUT2D eigenvalue weighted by molar-refractivity contribution is 5.74. The minimum atomic E-state index is -0.206. The summed E-state index contributed by atoms with van der Waals surface area (Å²) in [4.78, 5) is 0. The van der Waals surface area contributed by atoms with Gasteiger partial charge in [-0.3, -0.25) is 0 Å². The molecule has 0 radical (unpaired) electrons. The third-order valence-electron chi connectivity index (χ3n) is 23.7. The molecule has 4 aliphatic heterocycles. The van der Waals surface area contributed by atoms with E-state index in [0.29, 0.717) is 0 Å². The first-order chi connectivity index (χ1) is 55.9. The summed E-state index contributed by atoms with van der Waals surface area (Å²) >= 11 is 0. The first-order valence-electron chi connectivity index (χ1n) is 42.2. The van der Waals surface area contributed by atoms with Crippen molar-refractivity contribution in [1.82, 2.24) is 0 Å². The van der Waals surface area contributed by atoms with Crippen molar-refractivity contribution in [2.75, 3.05) is 26.4 Å². The monoisotopic (exact) mass is 1520 g/mol. The van der Waals surface area contributed by atoms with Crippen LogP contribution in [0.1, 0.15) is 190 Å². The number of hydrogen-bond donors (Lipinski definition) is 0. The van der Waals surface area contributed by atoms with Crippen LogP contribution in [0.25, 0.3) is 89.0 Å².